The van der Waals surface area contributed by atoms with Crippen LogP contribution in [0.15, 0.2) is 94.7 Å². The van der Waals surface area contributed by atoms with Gasteiger partial charge >= 0.3 is 5.97 Å². The number of ether oxygens (including phenoxy) is 1. The minimum atomic E-state index is -3.99. The first-order chi connectivity index (χ1) is 21.5. The smallest absolute Gasteiger partial charge is 0.356 e. The van der Waals surface area contributed by atoms with Crippen LogP contribution in [0.3, 0.4) is 0 Å². The molecular formula is C32H28ClN5O6S. The first-order valence-electron chi connectivity index (χ1n) is 13.8. The molecule has 2 N–H and O–H groups in total. The molecule has 0 aliphatic heterocycles. The van der Waals surface area contributed by atoms with Gasteiger partial charge in [-0.3, -0.25) is 9.59 Å². The summed E-state index contributed by atoms with van der Waals surface area (Å²) in [6.07, 6.45) is 0.344. The fourth-order valence-corrected chi connectivity index (χ4v) is 5.81. The van der Waals surface area contributed by atoms with Crippen molar-refractivity contribution in [3.8, 4) is 11.1 Å². The number of fused-ring (bicyclic) bond motifs is 1. The van der Waals surface area contributed by atoms with Crippen molar-refractivity contribution in [2.75, 3.05) is 10.0 Å². The third-order valence-corrected chi connectivity index (χ3v) is 8.59. The van der Waals surface area contributed by atoms with Gasteiger partial charge in [0.1, 0.15) is 5.69 Å². The van der Waals surface area contributed by atoms with Crippen LogP contribution in [0.25, 0.3) is 21.9 Å². The zero-order valence-electron chi connectivity index (χ0n) is 24.4. The Labute approximate surface area is 263 Å². The van der Waals surface area contributed by atoms with E-state index >= 15 is 0 Å². The summed E-state index contributed by atoms with van der Waals surface area (Å²) in [6, 6.07) is 20.8. The maximum atomic E-state index is 13.7. The number of hydrogen-bond acceptors (Lipinski definition) is 8. The molecule has 11 nitrogen and oxygen atoms in total. The number of pyridine rings is 1. The highest BCUT2D eigenvalue weighted by molar-refractivity contribution is 7.92. The average molecular weight is 646 g/mol. The van der Waals surface area contributed by atoms with Crippen LogP contribution in [0, 0.1) is 6.92 Å². The molecule has 0 spiro atoms. The van der Waals surface area contributed by atoms with Crippen LogP contribution >= 0.6 is 11.6 Å². The van der Waals surface area contributed by atoms with E-state index in [0.717, 1.165) is 0 Å². The standard InChI is InChI=1S/C32H28ClN5O6S/c1-4-26(29(39)36-22-13-15-23(16-14-22)45(42,43)37-32-34-18-17-19(2)35-32)44-31(41)28-27(20-9-11-21(33)12-10-20)24-7-5-6-8-25(24)30(40)38(28)3/h5-18,26H,4H2,1-3H3,(H,36,39)(H,34,35,37). The van der Waals surface area contributed by atoms with E-state index in [9.17, 15) is 22.8 Å². The van der Waals surface area contributed by atoms with Gasteiger partial charge in [-0.25, -0.2) is 27.9 Å². The number of carbonyl (C=O) groups is 2. The van der Waals surface area contributed by atoms with Crippen molar-refractivity contribution in [1.29, 1.82) is 0 Å². The monoisotopic (exact) mass is 645 g/mol. The first-order valence-corrected chi connectivity index (χ1v) is 15.7. The fourth-order valence-electron chi connectivity index (χ4n) is 4.74. The summed E-state index contributed by atoms with van der Waals surface area (Å²) < 4.78 is 34.8. The number of carbonyl (C=O) groups excluding carboxylic acids is 2. The van der Waals surface area contributed by atoms with Gasteiger partial charge in [-0.2, -0.15) is 0 Å². The molecule has 1 atom stereocenters. The van der Waals surface area contributed by atoms with Crippen molar-refractivity contribution in [2.45, 2.75) is 31.3 Å². The Kier molecular flexibility index (Phi) is 8.98. The highest BCUT2D eigenvalue weighted by Crippen LogP contribution is 2.32. The Morgan fingerprint density at radius 1 is 0.978 bits per heavy atom. The Morgan fingerprint density at radius 3 is 2.29 bits per heavy atom. The van der Waals surface area contributed by atoms with Crippen LogP contribution in [-0.2, 0) is 26.6 Å². The zero-order chi connectivity index (χ0) is 32.3. The number of halogens is 1. The SMILES string of the molecule is CCC(OC(=O)c1c(-c2ccc(Cl)cc2)c2ccccc2c(=O)n1C)C(=O)Nc1ccc(S(=O)(=O)Nc2nccc(C)n2)cc1. The van der Waals surface area contributed by atoms with Gasteiger partial charge in [0.05, 0.1) is 4.90 Å². The zero-order valence-corrected chi connectivity index (χ0v) is 26.0. The van der Waals surface area contributed by atoms with Gasteiger partial charge in [-0.1, -0.05) is 48.9 Å². The molecule has 45 heavy (non-hydrogen) atoms. The number of nitrogens with one attached hydrogen (secondary N) is 2. The lowest BCUT2D eigenvalue weighted by Gasteiger charge is -2.20. The number of benzene rings is 3. The van der Waals surface area contributed by atoms with Crippen LogP contribution in [0.4, 0.5) is 11.6 Å². The Balaban J connectivity index is 1.38. The van der Waals surface area contributed by atoms with Gasteiger partial charge < -0.3 is 14.6 Å². The summed E-state index contributed by atoms with van der Waals surface area (Å²) in [5.74, 6) is -1.56. The minimum absolute atomic E-state index is 0.0214. The van der Waals surface area contributed by atoms with E-state index in [0.29, 0.717) is 32.6 Å². The molecule has 0 radical (unpaired) electrons. The van der Waals surface area contributed by atoms with E-state index in [2.05, 4.69) is 20.0 Å². The van der Waals surface area contributed by atoms with E-state index < -0.39 is 33.6 Å². The third-order valence-electron chi connectivity index (χ3n) is 7.00. The maximum absolute atomic E-state index is 13.7. The summed E-state index contributed by atoms with van der Waals surface area (Å²) in [7, 11) is -2.51. The van der Waals surface area contributed by atoms with E-state index in [1.165, 1.54) is 42.1 Å². The number of esters is 1. The number of anilines is 2. The van der Waals surface area contributed by atoms with Crippen molar-refractivity contribution < 1.29 is 22.7 Å². The highest BCUT2D eigenvalue weighted by atomic mass is 35.5. The molecule has 13 heteroatoms. The number of nitrogens with zero attached hydrogens (tertiary/aromatic N) is 3. The molecule has 3 aromatic carbocycles. The van der Waals surface area contributed by atoms with Crippen LogP contribution in [0.5, 0.6) is 0 Å². The molecule has 0 fully saturated rings. The summed E-state index contributed by atoms with van der Waals surface area (Å²) in [5.41, 5.74) is 1.55. The number of amides is 1. The second kappa shape index (κ2) is 12.9. The molecule has 1 unspecified atom stereocenters. The van der Waals surface area contributed by atoms with Gasteiger partial charge in [0.2, 0.25) is 5.95 Å². The van der Waals surface area contributed by atoms with Crippen LogP contribution in [-0.4, -0.2) is 40.9 Å². The van der Waals surface area contributed by atoms with E-state index in [4.69, 9.17) is 16.3 Å². The van der Waals surface area contributed by atoms with E-state index in [-0.39, 0.29) is 28.6 Å². The van der Waals surface area contributed by atoms with Crippen molar-refractivity contribution in [3.63, 3.8) is 0 Å². The van der Waals surface area contributed by atoms with Crippen molar-refractivity contribution in [3.05, 3.63) is 112 Å². The lowest BCUT2D eigenvalue weighted by atomic mass is 9.96. The lowest BCUT2D eigenvalue weighted by molar-refractivity contribution is -0.124. The molecule has 0 aliphatic carbocycles. The highest BCUT2D eigenvalue weighted by Gasteiger charge is 2.28. The maximum Gasteiger partial charge on any atom is 0.356 e. The third kappa shape index (κ3) is 6.71. The van der Waals surface area contributed by atoms with Crippen LogP contribution in [0.1, 0.15) is 29.5 Å². The van der Waals surface area contributed by atoms with Crippen LogP contribution < -0.4 is 15.6 Å². The van der Waals surface area contributed by atoms with Gasteiger partial charge in [0.25, 0.3) is 21.5 Å². The molecule has 0 aliphatic rings. The van der Waals surface area contributed by atoms with Gasteiger partial charge in [-0.05, 0) is 72.8 Å². The van der Waals surface area contributed by atoms with E-state index in [1.807, 2.05) is 0 Å². The molecule has 5 rings (SSSR count). The summed E-state index contributed by atoms with van der Waals surface area (Å²) >= 11 is 6.10. The summed E-state index contributed by atoms with van der Waals surface area (Å²) in [5, 5.41) is 4.12. The second-order valence-electron chi connectivity index (χ2n) is 10.1. The minimum Gasteiger partial charge on any atom is -0.448 e. The molecule has 1 amide bonds. The number of hydrogen-bond donors (Lipinski definition) is 2. The average Bonchev–Trinajstić information content (AvgIpc) is 3.02. The van der Waals surface area contributed by atoms with Gasteiger partial charge in [0, 0.05) is 40.6 Å². The molecule has 2 aromatic heterocycles. The Bertz CT molecular complexity index is 2080. The van der Waals surface area contributed by atoms with Crippen molar-refractivity contribution in [1.82, 2.24) is 14.5 Å². The topological polar surface area (TPSA) is 149 Å². The van der Waals surface area contributed by atoms with Crippen molar-refractivity contribution >= 4 is 55.9 Å². The summed E-state index contributed by atoms with van der Waals surface area (Å²) in [6.45, 7) is 3.38. The quantitative estimate of drug-likeness (QED) is 0.204. The molecular weight excluding hydrogens is 618 g/mol. The van der Waals surface area contributed by atoms with Crippen molar-refractivity contribution in [2.24, 2.45) is 7.05 Å². The van der Waals surface area contributed by atoms with Gasteiger partial charge in [-0.15, -0.1) is 0 Å². The molecule has 0 bridgehead atoms. The number of rotatable bonds is 9. The number of aryl methyl sites for hydroxylation is 1. The Hall–Kier alpha value is -5.07. The number of sulfonamides is 1. The largest absolute Gasteiger partial charge is 0.448 e. The molecule has 0 saturated heterocycles. The summed E-state index contributed by atoms with van der Waals surface area (Å²) in [4.78, 5) is 48.0. The molecule has 230 valence electrons. The van der Waals surface area contributed by atoms with Crippen LogP contribution in [0.2, 0.25) is 5.02 Å². The molecule has 0 saturated carbocycles. The predicted molar refractivity (Wildman–Crippen MR) is 172 cm³/mol. The number of aromatic nitrogens is 3. The normalized spacial score (nSPS) is 12.0. The molecule has 2 heterocycles. The van der Waals surface area contributed by atoms with E-state index in [1.54, 1.807) is 68.4 Å². The lowest BCUT2D eigenvalue weighted by Crippen LogP contribution is -2.34. The molecule has 5 aromatic rings. The predicted octanol–water partition coefficient (Wildman–Crippen LogP) is 5.33. The fraction of sp³-hybridized carbons (Fsp3) is 0.156. The second-order valence-corrected chi connectivity index (χ2v) is 12.2. The first kappa shape index (κ1) is 31.4. The van der Waals surface area contributed by atoms with Gasteiger partial charge in [0.15, 0.2) is 6.10 Å². The Morgan fingerprint density at radius 2 is 1.64 bits per heavy atom.